The van der Waals surface area contributed by atoms with Crippen molar-refractivity contribution in [2.24, 2.45) is 0 Å². The van der Waals surface area contributed by atoms with Gasteiger partial charge in [-0.25, -0.2) is 4.98 Å². The fraction of sp³-hybridized carbons (Fsp3) is 0.593. The third kappa shape index (κ3) is 6.55. The average molecular weight is 548 g/mol. The molecule has 2 N–H and O–H groups in total. The molecule has 2 aromatic rings. The molecule has 1 aromatic carbocycles. The molecule has 1 amide bonds. The number of fused-ring (bicyclic) bond motifs is 2. The Kier molecular flexibility index (Phi) is 8.41. The van der Waals surface area contributed by atoms with E-state index in [0.29, 0.717) is 45.2 Å². The van der Waals surface area contributed by atoms with Crippen LogP contribution in [0.1, 0.15) is 37.3 Å². The smallest absolute Gasteiger partial charge is 0.379 e. The summed E-state index contributed by atoms with van der Waals surface area (Å²) in [5.74, 6) is -0.184. The number of anilines is 4. The maximum Gasteiger partial charge on any atom is 0.421 e. The van der Waals surface area contributed by atoms with Crippen LogP contribution in [0, 0.1) is 0 Å². The first-order valence-electron chi connectivity index (χ1n) is 13.7. The number of hydrogen-bond donors (Lipinski definition) is 2. The Labute approximate surface area is 226 Å². The van der Waals surface area contributed by atoms with E-state index in [1.807, 2.05) is 6.07 Å². The number of halogens is 3. The van der Waals surface area contributed by atoms with Gasteiger partial charge in [-0.2, -0.15) is 18.2 Å². The van der Waals surface area contributed by atoms with Crippen molar-refractivity contribution in [1.82, 2.24) is 19.8 Å². The number of rotatable bonds is 9. The summed E-state index contributed by atoms with van der Waals surface area (Å²) in [7, 11) is 0. The molecule has 5 rings (SSSR count). The van der Waals surface area contributed by atoms with Crippen LogP contribution in [0.5, 0.6) is 0 Å². The van der Waals surface area contributed by atoms with Gasteiger partial charge in [-0.3, -0.25) is 9.69 Å². The van der Waals surface area contributed by atoms with Crippen molar-refractivity contribution < 1.29 is 22.7 Å². The summed E-state index contributed by atoms with van der Waals surface area (Å²) in [6, 6.07) is 6.72. The lowest BCUT2D eigenvalue weighted by molar-refractivity contribution is -0.137. The number of benzene rings is 1. The van der Waals surface area contributed by atoms with Crippen molar-refractivity contribution in [3.63, 3.8) is 0 Å². The van der Waals surface area contributed by atoms with Crippen LogP contribution < -0.4 is 15.5 Å². The first-order valence-corrected chi connectivity index (χ1v) is 13.7. The summed E-state index contributed by atoms with van der Waals surface area (Å²) in [6.07, 6.45) is -1.06. The number of carbonyl (C=O) groups is 1. The Morgan fingerprint density at radius 2 is 2.03 bits per heavy atom. The molecule has 3 saturated heterocycles. The highest BCUT2D eigenvalue weighted by atomic mass is 19.4. The second kappa shape index (κ2) is 12.0. The molecule has 0 aliphatic carbocycles. The highest BCUT2D eigenvalue weighted by Crippen LogP contribution is 2.35. The number of nitrogens with zero attached hydrogens (tertiary/aromatic N) is 5. The Morgan fingerprint density at radius 3 is 2.85 bits per heavy atom. The lowest BCUT2D eigenvalue weighted by Gasteiger charge is -2.36. The van der Waals surface area contributed by atoms with Crippen LogP contribution >= 0.6 is 0 Å². The number of nitrogens with one attached hydrogen (secondary N) is 2. The van der Waals surface area contributed by atoms with Gasteiger partial charge in [0, 0.05) is 69.4 Å². The average Bonchev–Trinajstić information content (AvgIpc) is 3.16. The first kappa shape index (κ1) is 27.4. The van der Waals surface area contributed by atoms with Gasteiger partial charge in [0.25, 0.3) is 0 Å². The highest BCUT2D eigenvalue weighted by Gasteiger charge is 2.35. The van der Waals surface area contributed by atoms with E-state index in [9.17, 15) is 18.0 Å². The summed E-state index contributed by atoms with van der Waals surface area (Å²) in [4.78, 5) is 26.9. The third-order valence-corrected chi connectivity index (χ3v) is 7.70. The number of amides is 1. The first-order chi connectivity index (χ1) is 18.8. The van der Waals surface area contributed by atoms with E-state index < -0.39 is 11.7 Å². The number of piperazine rings is 1. The summed E-state index contributed by atoms with van der Waals surface area (Å²) in [6.45, 7) is 8.39. The number of carbonyl (C=O) groups excluding carboxylic acids is 1. The molecular weight excluding hydrogens is 511 g/mol. The van der Waals surface area contributed by atoms with E-state index >= 15 is 0 Å². The zero-order chi connectivity index (χ0) is 27.4. The molecule has 0 radical (unpaired) electrons. The van der Waals surface area contributed by atoms with Gasteiger partial charge < -0.3 is 25.2 Å². The lowest BCUT2D eigenvalue weighted by atomic mass is 10.1. The number of aromatic nitrogens is 2. The van der Waals surface area contributed by atoms with Gasteiger partial charge in [-0.15, -0.1) is 0 Å². The highest BCUT2D eigenvalue weighted by molar-refractivity contribution is 5.76. The molecule has 1 aromatic heterocycles. The minimum Gasteiger partial charge on any atom is -0.379 e. The second-order valence-corrected chi connectivity index (χ2v) is 10.2. The maximum absolute atomic E-state index is 13.7. The molecule has 2 atom stereocenters. The molecule has 2 bridgehead atoms. The number of aryl methyl sites for hydroxylation is 1. The van der Waals surface area contributed by atoms with Crippen molar-refractivity contribution in [2.45, 2.75) is 44.8 Å². The Bertz CT molecular complexity index is 1160. The summed E-state index contributed by atoms with van der Waals surface area (Å²) >= 11 is 0. The van der Waals surface area contributed by atoms with Crippen LogP contribution in [0.15, 0.2) is 24.4 Å². The number of alkyl halides is 3. The fourth-order valence-corrected chi connectivity index (χ4v) is 5.55. The molecule has 0 spiro atoms. The largest absolute Gasteiger partial charge is 0.421 e. The molecule has 3 aliphatic rings. The van der Waals surface area contributed by atoms with Crippen LogP contribution in [0.3, 0.4) is 0 Å². The van der Waals surface area contributed by atoms with Gasteiger partial charge in [-0.05, 0) is 43.0 Å². The molecule has 3 fully saturated rings. The minimum atomic E-state index is -4.60. The Morgan fingerprint density at radius 1 is 1.15 bits per heavy atom. The molecular formula is C27H36F3N7O2. The maximum atomic E-state index is 13.7. The van der Waals surface area contributed by atoms with E-state index in [2.05, 4.69) is 49.5 Å². The number of ether oxygens (including phenoxy) is 1. The monoisotopic (exact) mass is 547 g/mol. The minimum absolute atomic E-state index is 0.000233. The molecule has 2 unspecified atom stereocenters. The molecule has 212 valence electrons. The van der Waals surface area contributed by atoms with Crippen LogP contribution in [0.4, 0.5) is 36.3 Å². The van der Waals surface area contributed by atoms with Crippen molar-refractivity contribution in [1.29, 1.82) is 0 Å². The molecule has 4 heterocycles. The summed E-state index contributed by atoms with van der Waals surface area (Å²) < 4.78 is 46.4. The normalized spacial score (nSPS) is 21.7. The van der Waals surface area contributed by atoms with Crippen LogP contribution in [-0.2, 0) is 22.1 Å². The van der Waals surface area contributed by atoms with E-state index in [-0.39, 0.29) is 24.2 Å². The summed E-state index contributed by atoms with van der Waals surface area (Å²) in [5, 5.41) is 5.96. The van der Waals surface area contributed by atoms with E-state index in [0.717, 1.165) is 50.0 Å². The molecule has 9 nitrogen and oxygen atoms in total. The fourth-order valence-electron chi connectivity index (χ4n) is 5.55. The van der Waals surface area contributed by atoms with Crippen molar-refractivity contribution in [3.8, 4) is 0 Å². The van der Waals surface area contributed by atoms with Gasteiger partial charge in [-0.1, -0.05) is 6.92 Å². The summed E-state index contributed by atoms with van der Waals surface area (Å²) in [5.41, 5.74) is 2.08. The van der Waals surface area contributed by atoms with Gasteiger partial charge in [0.1, 0.15) is 11.4 Å². The zero-order valence-corrected chi connectivity index (χ0v) is 22.3. The Balaban J connectivity index is 1.27. The van der Waals surface area contributed by atoms with Crippen molar-refractivity contribution in [3.05, 3.63) is 35.5 Å². The predicted molar refractivity (Wildman–Crippen MR) is 143 cm³/mol. The van der Waals surface area contributed by atoms with Crippen molar-refractivity contribution >= 4 is 29.0 Å². The molecule has 12 heteroatoms. The van der Waals surface area contributed by atoms with Gasteiger partial charge >= 0.3 is 6.18 Å². The SMILES string of the molecule is CCc1cc(N2CCN3CCC2C3)ccc1Nc1ncc(C(F)(F)F)c(NCCCN2CCOCCC2=O)n1. The van der Waals surface area contributed by atoms with Crippen LogP contribution in [0.2, 0.25) is 0 Å². The predicted octanol–water partition coefficient (Wildman–Crippen LogP) is 3.75. The van der Waals surface area contributed by atoms with E-state index in [4.69, 9.17) is 4.74 Å². The zero-order valence-electron chi connectivity index (χ0n) is 22.3. The standard InChI is InChI=1S/C27H36F3N7O2/c1-2-19-16-20(37-12-11-35-10-6-21(37)18-35)4-5-23(19)33-26-32-17-22(27(28,29)30)25(34-26)31-8-3-9-36-13-15-39-14-7-24(36)38/h4-5,16-17,21H,2-3,6-15,18H2,1H3,(H2,31,32,33,34). The third-order valence-electron chi connectivity index (χ3n) is 7.70. The van der Waals surface area contributed by atoms with Gasteiger partial charge in [0.15, 0.2) is 0 Å². The van der Waals surface area contributed by atoms with E-state index in [1.165, 1.54) is 12.1 Å². The second-order valence-electron chi connectivity index (χ2n) is 10.2. The molecule has 0 saturated carbocycles. The number of hydrogen-bond acceptors (Lipinski definition) is 8. The van der Waals surface area contributed by atoms with E-state index in [1.54, 1.807) is 4.90 Å². The topological polar surface area (TPSA) is 85.9 Å². The van der Waals surface area contributed by atoms with Crippen LogP contribution in [-0.4, -0.2) is 90.7 Å². The van der Waals surface area contributed by atoms with Gasteiger partial charge in [0.05, 0.1) is 19.6 Å². The van der Waals surface area contributed by atoms with Crippen LogP contribution in [0.25, 0.3) is 0 Å². The molecule has 39 heavy (non-hydrogen) atoms. The lowest BCUT2D eigenvalue weighted by Crippen LogP contribution is -2.46. The van der Waals surface area contributed by atoms with Crippen molar-refractivity contribution in [2.75, 3.05) is 74.6 Å². The molecule has 3 aliphatic heterocycles. The van der Waals surface area contributed by atoms with Gasteiger partial charge in [0.2, 0.25) is 11.9 Å². The Hall–Kier alpha value is -3.12. The quantitative estimate of drug-likeness (QED) is 0.460.